The van der Waals surface area contributed by atoms with Gasteiger partial charge in [0.15, 0.2) is 16.6 Å². The molecule has 1 N–H and O–H groups in total. The third kappa shape index (κ3) is 4.28. The quantitative estimate of drug-likeness (QED) is 0.217. The number of hydrogen-bond donors (Lipinski definition) is 1. The van der Waals surface area contributed by atoms with Crippen molar-refractivity contribution in [1.29, 1.82) is 0 Å². The van der Waals surface area contributed by atoms with Crippen molar-refractivity contribution < 1.29 is 24.0 Å². The van der Waals surface area contributed by atoms with Crippen molar-refractivity contribution in [1.82, 2.24) is 5.32 Å². The number of rotatable bonds is 5. The number of halogens is 1. The lowest BCUT2D eigenvalue weighted by molar-refractivity contribution is -0.385. The van der Waals surface area contributed by atoms with E-state index in [1.165, 1.54) is 25.2 Å². The number of nitro groups is 1. The number of benzene rings is 2. The van der Waals surface area contributed by atoms with Crippen LogP contribution in [0.4, 0.5) is 11.4 Å². The Bertz CT molecular complexity index is 1160. The maximum atomic E-state index is 13.2. The fourth-order valence-electron chi connectivity index (χ4n) is 3.06. The number of hydrogen-bond acceptors (Lipinski definition) is 7. The second-order valence-corrected chi connectivity index (χ2v) is 7.71. The average Bonchev–Trinajstić information content (AvgIpc) is 2.71. The van der Waals surface area contributed by atoms with E-state index in [4.69, 9.17) is 21.7 Å². The Labute approximate surface area is 190 Å². The summed E-state index contributed by atoms with van der Waals surface area (Å²) in [7, 11) is 2.72. The van der Waals surface area contributed by atoms with Gasteiger partial charge in [0.05, 0.1) is 36.5 Å². The summed E-state index contributed by atoms with van der Waals surface area (Å²) in [4.78, 5) is 37.9. The van der Waals surface area contributed by atoms with Crippen molar-refractivity contribution >= 4 is 62.5 Å². The summed E-state index contributed by atoms with van der Waals surface area (Å²) < 4.78 is 11.1. The van der Waals surface area contributed by atoms with Gasteiger partial charge >= 0.3 is 0 Å². The summed E-state index contributed by atoms with van der Waals surface area (Å²) in [6.07, 6.45) is 1.14. The number of carbonyl (C=O) groups is 2. The van der Waals surface area contributed by atoms with E-state index in [1.807, 2.05) is 0 Å². The summed E-state index contributed by atoms with van der Waals surface area (Å²) in [5, 5.41) is 13.9. The van der Waals surface area contributed by atoms with Gasteiger partial charge in [-0.2, -0.15) is 0 Å². The highest BCUT2D eigenvalue weighted by Crippen LogP contribution is 2.36. The molecular formula is C20H16BrN3O6S. The molecule has 1 fully saturated rings. The topological polar surface area (TPSA) is 111 Å². The maximum absolute atomic E-state index is 13.2. The SMILES string of the molecule is COc1cc(/C=C2/C(=O)NC(=S)N(c3ccc(Br)cc3C)C2=O)c([N+](=O)[O-])cc1OC. The molecule has 0 aliphatic carbocycles. The first kappa shape index (κ1) is 22.4. The smallest absolute Gasteiger partial charge is 0.280 e. The van der Waals surface area contributed by atoms with Crippen molar-refractivity contribution in [3.63, 3.8) is 0 Å². The van der Waals surface area contributed by atoms with Gasteiger partial charge in [0.25, 0.3) is 17.5 Å². The molecule has 0 atom stereocenters. The third-order valence-corrected chi connectivity index (χ3v) is 5.31. The summed E-state index contributed by atoms with van der Waals surface area (Å²) in [6, 6.07) is 7.70. The molecule has 0 aromatic heterocycles. The van der Waals surface area contributed by atoms with Crippen LogP contribution >= 0.6 is 28.1 Å². The van der Waals surface area contributed by atoms with Gasteiger partial charge in [0.1, 0.15) is 5.57 Å². The molecule has 1 heterocycles. The number of anilines is 1. The molecule has 1 aliphatic rings. The van der Waals surface area contributed by atoms with Gasteiger partial charge in [-0.05, 0) is 55.0 Å². The number of carbonyl (C=O) groups excluding carboxylic acids is 2. The van der Waals surface area contributed by atoms with E-state index in [-0.39, 0.29) is 33.4 Å². The Kier molecular flexibility index (Phi) is 6.37. The molecule has 160 valence electrons. The van der Waals surface area contributed by atoms with E-state index in [9.17, 15) is 19.7 Å². The molecule has 2 aromatic carbocycles. The summed E-state index contributed by atoms with van der Waals surface area (Å²) in [6.45, 7) is 1.79. The van der Waals surface area contributed by atoms with Crippen LogP contribution in [0.3, 0.4) is 0 Å². The maximum Gasteiger partial charge on any atom is 0.280 e. The van der Waals surface area contributed by atoms with Crippen LogP contribution in [0.1, 0.15) is 11.1 Å². The molecule has 0 spiro atoms. The van der Waals surface area contributed by atoms with Crippen LogP contribution in [0.5, 0.6) is 11.5 Å². The minimum atomic E-state index is -0.759. The largest absolute Gasteiger partial charge is 0.493 e. The highest BCUT2D eigenvalue weighted by molar-refractivity contribution is 9.10. The molecule has 2 aromatic rings. The first-order valence-corrected chi connectivity index (χ1v) is 9.96. The third-order valence-electron chi connectivity index (χ3n) is 4.53. The molecule has 0 unspecified atom stereocenters. The van der Waals surface area contributed by atoms with Crippen LogP contribution in [-0.4, -0.2) is 36.1 Å². The fourth-order valence-corrected chi connectivity index (χ4v) is 3.81. The lowest BCUT2D eigenvalue weighted by Crippen LogP contribution is -2.54. The van der Waals surface area contributed by atoms with Crippen molar-refractivity contribution in [3.05, 3.63) is 61.6 Å². The number of nitrogens with zero attached hydrogens (tertiary/aromatic N) is 2. The number of nitro benzene ring substituents is 1. The molecule has 3 rings (SSSR count). The van der Waals surface area contributed by atoms with Crippen LogP contribution in [-0.2, 0) is 9.59 Å². The standard InChI is InChI=1S/C20H16BrN3O6S/c1-10-6-12(21)4-5-14(10)23-19(26)13(18(25)22-20(23)31)7-11-8-16(29-2)17(30-3)9-15(11)24(27)28/h4-9H,1-3H3,(H,22,25,31)/b13-7-. The molecule has 31 heavy (non-hydrogen) atoms. The Morgan fingerprint density at radius 2 is 1.81 bits per heavy atom. The zero-order valence-corrected chi connectivity index (χ0v) is 19.0. The highest BCUT2D eigenvalue weighted by atomic mass is 79.9. The number of ether oxygens (including phenoxy) is 2. The molecule has 1 saturated heterocycles. The monoisotopic (exact) mass is 505 g/mol. The fraction of sp³-hybridized carbons (Fsp3) is 0.150. The van der Waals surface area contributed by atoms with Crippen molar-refractivity contribution in [2.45, 2.75) is 6.92 Å². The zero-order chi connectivity index (χ0) is 22.9. The van der Waals surface area contributed by atoms with E-state index >= 15 is 0 Å². The lowest BCUT2D eigenvalue weighted by Gasteiger charge is -2.30. The predicted molar refractivity (Wildman–Crippen MR) is 121 cm³/mol. The van der Waals surface area contributed by atoms with Gasteiger partial charge in [-0.1, -0.05) is 15.9 Å². The molecule has 11 heteroatoms. The van der Waals surface area contributed by atoms with Crippen LogP contribution in [0.15, 0.2) is 40.4 Å². The second-order valence-electron chi connectivity index (χ2n) is 6.41. The van der Waals surface area contributed by atoms with Gasteiger partial charge in [-0.25, -0.2) is 0 Å². The molecule has 0 bridgehead atoms. The number of methoxy groups -OCH3 is 2. The first-order valence-electron chi connectivity index (χ1n) is 8.76. The molecule has 2 amide bonds. The number of nitrogens with one attached hydrogen (secondary N) is 1. The summed E-state index contributed by atoms with van der Waals surface area (Å²) >= 11 is 8.56. The number of amides is 2. The molecule has 0 saturated carbocycles. The van der Waals surface area contributed by atoms with Crippen molar-refractivity contribution in [2.24, 2.45) is 0 Å². The lowest BCUT2D eigenvalue weighted by atomic mass is 10.0. The first-order chi connectivity index (χ1) is 14.7. The zero-order valence-electron chi connectivity index (χ0n) is 16.6. The van der Waals surface area contributed by atoms with Crippen LogP contribution in [0, 0.1) is 17.0 Å². The van der Waals surface area contributed by atoms with Gasteiger partial charge in [-0.3, -0.25) is 29.9 Å². The van der Waals surface area contributed by atoms with E-state index in [2.05, 4.69) is 21.2 Å². The second kappa shape index (κ2) is 8.82. The average molecular weight is 506 g/mol. The van der Waals surface area contributed by atoms with Crippen molar-refractivity contribution in [3.8, 4) is 11.5 Å². The molecule has 9 nitrogen and oxygen atoms in total. The number of thiocarbonyl (C=S) groups is 1. The molecular weight excluding hydrogens is 490 g/mol. The van der Waals surface area contributed by atoms with Gasteiger partial charge in [0.2, 0.25) is 0 Å². The Morgan fingerprint density at radius 1 is 1.16 bits per heavy atom. The minimum absolute atomic E-state index is 0.00134. The van der Waals surface area contributed by atoms with Gasteiger partial charge in [0, 0.05) is 4.47 Å². The summed E-state index contributed by atoms with van der Waals surface area (Å²) in [5.74, 6) is -1.11. The minimum Gasteiger partial charge on any atom is -0.493 e. The number of aryl methyl sites for hydroxylation is 1. The summed E-state index contributed by atoms with van der Waals surface area (Å²) in [5.41, 5.74) is 0.543. The van der Waals surface area contributed by atoms with E-state index in [1.54, 1.807) is 25.1 Å². The van der Waals surface area contributed by atoms with E-state index < -0.39 is 16.7 Å². The van der Waals surface area contributed by atoms with Gasteiger partial charge < -0.3 is 9.47 Å². The molecule has 0 radical (unpaired) electrons. The Balaban J connectivity index is 2.15. The highest BCUT2D eigenvalue weighted by Gasteiger charge is 2.36. The van der Waals surface area contributed by atoms with E-state index in [0.717, 1.165) is 22.2 Å². The van der Waals surface area contributed by atoms with Crippen LogP contribution in [0.2, 0.25) is 0 Å². The molecule has 1 aliphatic heterocycles. The van der Waals surface area contributed by atoms with Crippen molar-refractivity contribution in [2.75, 3.05) is 19.1 Å². The normalized spacial score (nSPS) is 15.2. The predicted octanol–water partition coefficient (Wildman–Crippen LogP) is 3.51. The van der Waals surface area contributed by atoms with Crippen LogP contribution < -0.4 is 19.7 Å². The van der Waals surface area contributed by atoms with Gasteiger partial charge in [-0.15, -0.1) is 0 Å². The van der Waals surface area contributed by atoms with E-state index in [0.29, 0.717) is 5.69 Å². The Hall–Kier alpha value is -3.31. The Morgan fingerprint density at radius 3 is 2.39 bits per heavy atom. The van der Waals surface area contributed by atoms with Crippen LogP contribution in [0.25, 0.3) is 6.08 Å².